The van der Waals surface area contributed by atoms with Crippen molar-refractivity contribution >= 4 is 29.9 Å². The van der Waals surface area contributed by atoms with E-state index in [0.717, 1.165) is 36.4 Å². The van der Waals surface area contributed by atoms with Crippen molar-refractivity contribution in [1.29, 1.82) is 0 Å². The molecule has 0 aliphatic heterocycles. The molecule has 0 amide bonds. The van der Waals surface area contributed by atoms with Crippen molar-refractivity contribution in [3.8, 4) is 5.75 Å². The van der Waals surface area contributed by atoms with Crippen LogP contribution in [0.1, 0.15) is 53.8 Å². The van der Waals surface area contributed by atoms with Crippen molar-refractivity contribution in [1.82, 2.24) is 15.6 Å². The lowest BCUT2D eigenvalue weighted by Gasteiger charge is -2.20. The molecule has 7 heteroatoms. The maximum Gasteiger partial charge on any atom is 0.214 e. The lowest BCUT2D eigenvalue weighted by molar-refractivity contribution is 0.462. The highest BCUT2D eigenvalue weighted by Gasteiger charge is 2.16. The molecule has 0 saturated carbocycles. The number of aliphatic imine (C=N–C) groups is 1. The fourth-order valence-corrected chi connectivity index (χ4v) is 3.34. The number of guanidine groups is 1. The molecule has 0 spiro atoms. The minimum Gasteiger partial charge on any atom is -0.508 e. The quantitative estimate of drug-likeness (QED) is 0.342. The molecule has 1 aliphatic carbocycles. The summed E-state index contributed by atoms with van der Waals surface area (Å²) in [7, 11) is 0. The summed E-state index contributed by atoms with van der Waals surface area (Å²) in [6.45, 7) is 7.55. The lowest BCUT2D eigenvalue weighted by atomic mass is 9.88. The van der Waals surface area contributed by atoms with Gasteiger partial charge in [-0.25, -0.2) is 9.98 Å². The summed E-state index contributed by atoms with van der Waals surface area (Å²) in [5, 5.41) is 16.8. The van der Waals surface area contributed by atoms with Gasteiger partial charge in [0.15, 0.2) is 5.96 Å². The topological polar surface area (TPSA) is 82.7 Å². The summed E-state index contributed by atoms with van der Waals surface area (Å²) < 4.78 is 5.60. The Morgan fingerprint density at radius 3 is 2.70 bits per heavy atom. The van der Waals surface area contributed by atoms with Gasteiger partial charge in [0, 0.05) is 12.1 Å². The Kier molecular flexibility index (Phi) is 7.94. The first-order valence-electron chi connectivity index (χ1n) is 9.36. The van der Waals surface area contributed by atoms with E-state index >= 15 is 0 Å². The summed E-state index contributed by atoms with van der Waals surface area (Å²) >= 11 is 0. The number of benzene rings is 1. The third kappa shape index (κ3) is 5.37. The van der Waals surface area contributed by atoms with Crippen LogP contribution in [-0.4, -0.2) is 22.6 Å². The van der Waals surface area contributed by atoms with Gasteiger partial charge in [0.2, 0.25) is 5.89 Å². The van der Waals surface area contributed by atoms with Gasteiger partial charge in [-0.3, -0.25) is 0 Å². The third-order valence-electron chi connectivity index (χ3n) is 4.85. The lowest BCUT2D eigenvalue weighted by Crippen LogP contribution is -2.36. The minimum absolute atomic E-state index is 0. The monoisotopic (exact) mass is 484 g/mol. The molecular formula is C20H29IN4O2. The number of aryl methyl sites for hydroxylation is 3. The van der Waals surface area contributed by atoms with E-state index in [4.69, 9.17) is 4.42 Å². The number of halogens is 1. The summed E-state index contributed by atoms with van der Waals surface area (Å²) in [6.07, 6.45) is 4.51. The Morgan fingerprint density at radius 2 is 2.00 bits per heavy atom. The van der Waals surface area contributed by atoms with Crippen molar-refractivity contribution in [2.45, 2.75) is 59.5 Å². The van der Waals surface area contributed by atoms with E-state index in [0.29, 0.717) is 30.7 Å². The largest absolute Gasteiger partial charge is 0.508 e. The van der Waals surface area contributed by atoms with Crippen LogP contribution in [0.5, 0.6) is 5.75 Å². The van der Waals surface area contributed by atoms with Crippen LogP contribution in [-0.2, 0) is 25.9 Å². The van der Waals surface area contributed by atoms with Gasteiger partial charge in [-0.15, -0.1) is 24.0 Å². The molecule has 2 aromatic rings. The summed E-state index contributed by atoms with van der Waals surface area (Å²) in [5.41, 5.74) is 4.48. The van der Waals surface area contributed by atoms with Crippen LogP contribution in [0.3, 0.4) is 0 Å². The molecule has 3 rings (SSSR count). The van der Waals surface area contributed by atoms with Gasteiger partial charge in [-0.05, 0) is 63.6 Å². The Morgan fingerprint density at radius 1 is 1.22 bits per heavy atom. The molecular weight excluding hydrogens is 455 g/mol. The average Bonchev–Trinajstić information content (AvgIpc) is 2.96. The predicted molar refractivity (Wildman–Crippen MR) is 118 cm³/mol. The fourth-order valence-electron chi connectivity index (χ4n) is 3.34. The zero-order chi connectivity index (χ0) is 18.5. The summed E-state index contributed by atoms with van der Waals surface area (Å²) in [4.78, 5) is 9.04. The van der Waals surface area contributed by atoms with E-state index in [1.165, 1.54) is 24.0 Å². The molecule has 0 unspecified atom stereocenters. The van der Waals surface area contributed by atoms with Crippen LogP contribution in [0, 0.1) is 13.8 Å². The van der Waals surface area contributed by atoms with Gasteiger partial charge in [-0.2, -0.15) is 0 Å². The van der Waals surface area contributed by atoms with Gasteiger partial charge in [0.25, 0.3) is 0 Å². The van der Waals surface area contributed by atoms with Crippen molar-refractivity contribution in [3.05, 3.63) is 46.2 Å². The molecule has 0 radical (unpaired) electrons. The molecule has 6 nitrogen and oxygen atoms in total. The van der Waals surface area contributed by atoms with Crippen LogP contribution in [0.15, 0.2) is 21.5 Å². The van der Waals surface area contributed by atoms with E-state index < -0.39 is 0 Å². The number of phenols is 1. The zero-order valence-corrected chi connectivity index (χ0v) is 18.6. The molecule has 1 aliphatic rings. The van der Waals surface area contributed by atoms with Gasteiger partial charge >= 0.3 is 0 Å². The number of aromatic nitrogens is 1. The van der Waals surface area contributed by atoms with E-state index in [9.17, 15) is 5.11 Å². The molecule has 3 N–H and O–H groups in total. The van der Waals surface area contributed by atoms with Crippen molar-refractivity contribution in [3.63, 3.8) is 0 Å². The van der Waals surface area contributed by atoms with Crippen LogP contribution in [0.25, 0.3) is 0 Å². The summed E-state index contributed by atoms with van der Waals surface area (Å²) in [5.74, 6) is 2.51. The number of nitrogens with zero attached hydrogens (tertiary/aromatic N) is 2. The Labute approximate surface area is 177 Å². The number of rotatable bonds is 5. The van der Waals surface area contributed by atoms with E-state index in [1.807, 2.05) is 26.8 Å². The molecule has 148 valence electrons. The minimum atomic E-state index is 0. The van der Waals surface area contributed by atoms with Crippen LogP contribution in [0.4, 0.5) is 0 Å². The maximum absolute atomic E-state index is 10.3. The normalized spacial score (nSPS) is 13.7. The number of hydrogen-bond donors (Lipinski definition) is 3. The van der Waals surface area contributed by atoms with E-state index in [1.54, 1.807) is 6.07 Å². The maximum atomic E-state index is 10.3. The first-order valence-corrected chi connectivity index (χ1v) is 9.36. The Bertz CT molecular complexity index is 782. The van der Waals surface area contributed by atoms with Crippen molar-refractivity contribution in [2.24, 2.45) is 4.99 Å². The van der Waals surface area contributed by atoms with Gasteiger partial charge in [0.05, 0.1) is 18.8 Å². The number of hydrogen-bond acceptors (Lipinski definition) is 4. The van der Waals surface area contributed by atoms with Gasteiger partial charge < -0.3 is 20.2 Å². The van der Waals surface area contributed by atoms with Crippen molar-refractivity contribution in [2.75, 3.05) is 6.54 Å². The molecule has 0 fully saturated rings. The number of nitrogens with one attached hydrogen (secondary N) is 2. The van der Waals surface area contributed by atoms with Crippen LogP contribution in [0.2, 0.25) is 0 Å². The average molecular weight is 484 g/mol. The Balaban J connectivity index is 0.00000261. The van der Waals surface area contributed by atoms with E-state index in [2.05, 4.69) is 20.6 Å². The second kappa shape index (κ2) is 9.96. The standard InChI is InChI=1S/C20H28N4O2.HI/c1-4-21-20(23-12-19-24-13(2)14(3)26-19)22-11-17-16-8-6-5-7-15(16)9-10-18(17)25;/h9-10,25H,4-8,11-12H2,1-3H3,(H2,21,22,23);1H. The molecule has 1 heterocycles. The number of oxazole rings is 1. The van der Waals surface area contributed by atoms with E-state index in [-0.39, 0.29) is 24.0 Å². The molecule has 1 aromatic heterocycles. The molecule has 27 heavy (non-hydrogen) atoms. The van der Waals surface area contributed by atoms with Crippen molar-refractivity contribution < 1.29 is 9.52 Å². The zero-order valence-electron chi connectivity index (χ0n) is 16.3. The number of phenolic OH excluding ortho intramolecular Hbond substituents is 1. The number of fused-ring (bicyclic) bond motifs is 1. The smallest absolute Gasteiger partial charge is 0.214 e. The van der Waals surface area contributed by atoms with Crippen LogP contribution < -0.4 is 10.6 Å². The third-order valence-corrected chi connectivity index (χ3v) is 4.85. The molecule has 1 aromatic carbocycles. The highest BCUT2D eigenvalue weighted by atomic mass is 127. The SMILES string of the molecule is CCNC(=NCc1c(O)ccc2c1CCCC2)NCc1nc(C)c(C)o1.I. The van der Waals surface area contributed by atoms with Gasteiger partial charge in [0.1, 0.15) is 11.5 Å². The molecule has 0 atom stereocenters. The second-order valence-electron chi connectivity index (χ2n) is 6.71. The first kappa shape index (κ1) is 21.5. The highest BCUT2D eigenvalue weighted by molar-refractivity contribution is 14.0. The molecule has 0 bridgehead atoms. The second-order valence-corrected chi connectivity index (χ2v) is 6.71. The first-order chi connectivity index (χ1) is 12.6. The number of aromatic hydroxyl groups is 1. The van der Waals surface area contributed by atoms with Gasteiger partial charge in [-0.1, -0.05) is 6.07 Å². The summed E-state index contributed by atoms with van der Waals surface area (Å²) in [6, 6.07) is 3.85. The van der Waals surface area contributed by atoms with Crippen LogP contribution >= 0.6 is 24.0 Å². The molecule has 0 saturated heterocycles. The highest BCUT2D eigenvalue weighted by Crippen LogP contribution is 2.31. The Hall–Kier alpha value is -1.77. The fraction of sp³-hybridized carbons (Fsp3) is 0.500. The predicted octanol–water partition coefficient (Wildman–Crippen LogP) is 3.75.